The van der Waals surface area contributed by atoms with Crippen LogP contribution in [-0.4, -0.2) is 17.7 Å². The third-order valence-electron chi connectivity index (χ3n) is 2.15. The largest absolute Gasteiger partial charge is 0.491 e. The smallest absolute Gasteiger partial charge is 0.336 e. The molecule has 2 rings (SSSR count). The third kappa shape index (κ3) is 1.38. The van der Waals surface area contributed by atoms with Crippen LogP contribution in [0.25, 0.3) is 0 Å². The van der Waals surface area contributed by atoms with E-state index in [-0.39, 0.29) is 11.6 Å². The lowest BCUT2D eigenvalue weighted by atomic mass is 10.1. The first-order valence-corrected chi connectivity index (χ1v) is 4.84. The van der Waals surface area contributed by atoms with Crippen LogP contribution >= 0.6 is 15.9 Å². The molecule has 0 amide bonds. The maximum atomic E-state index is 10.8. The molecule has 1 aromatic carbocycles. The molecule has 3 N–H and O–H groups in total. The second kappa shape index (κ2) is 3.25. The van der Waals surface area contributed by atoms with Gasteiger partial charge in [-0.05, 0) is 28.1 Å². The van der Waals surface area contributed by atoms with Crippen LogP contribution in [-0.2, 0) is 0 Å². The number of rotatable bonds is 1. The predicted molar refractivity (Wildman–Crippen MR) is 53.5 cm³/mol. The minimum atomic E-state index is -0.983. The molecule has 0 unspecified atom stereocenters. The Hall–Kier alpha value is -1.07. The molecular formula is C9H8BrNO3. The fourth-order valence-corrected chi connectivity index (χ4v) is 1.95. The Balaban J connectivity index is 2.55. The highest BCUT2D eigenvalue weighted by Gasteiger charge is 2.23. The summed E-state index contributed by atoms with van der Waals surface area (Å²) in [5.74, 6) is -0.415. The Labute approximate surface area is 88.8 Å². The molecule has 0 radical (unpaired) electrons. The zero-order chi connectivity index (χ0) is 10.3. The number of fused-ring (bicyclic) bond motifs is 1. The maximum Gasteiger partial charge on any atom is 0.336 e. The van der Waals surface area contributed by atoms with Gasteiger partial charge in [0.1, 0.15) is 12.4 Å². The summed E-state index contributed by atoms with van der Waals surface area (Å²) in [4.78, 5) is 10.8. The molecule has 1 heterocycles. The molecule has 0 spiro atoms. The van der Waals surface area contributed by atoms with Crippen LogP contribution in [0.2, 0.25) is 0 Å². The molecule has 1 aromatic rings. The summed E-state index contributed by atoms with van der Waals surface area (Å²) >= 11 is 3.19. The number of benzene rings is 1. The van der Waals surface area contributed by atoms with Gasteiger partial charge in [0, 0.05) is 10.0 Å². The number of carbonyl (C=O) groups is 1. The summed E-state index contributed by atoms with van der Waals surface area (Å²) in [5, 5.41) is 8.85. The topological polar surface area (TPSA) is 72.5 Å². The van der Waals surface area contributed by atoms with E-state index in [0.29, 0.717) is 16.8 Å². The van der Waals surface area contributed by atoms with E-state index >= 15 is 0 Å². The van der Waals surface area contributed by atoms with Crippen LogP contribution in [0.1, 0.15) is 22.0 Å². The number of hydrogen-bond donors (Lipinski definition) is 2. The average Bonchev–Trinajstić information content (AvgIpc) is 2.46. The monoisotopic (exact) mass is 257 g/mol. The van der Waals surface area contributed by atoms with Gasteiger partial charge in [-0.3, -0.25) is 0 Å². The normalized spacial score (nSPS) is 18.9. The molecule has 0 aromatic heterocycles. The van der Waals surface area contributed by atoms with Crippen LogP contribution in [0, 0.1) is 0 Å². The number of ether oxygens (including phenoxy) is 1. The quantitative estimate of drug-likeness (QED) is 0.801. The van der Waals surface area contributed by atoms with Gasteiger partial charge in [0.05, 0.1) is 11.6 Å². The minimum absolute atomic E-state index is 0.163. The number of aromatic carboxylic acids is 1. The zero-order valence-electron chi connectivity index (χ0n) is 7.16. The summed E-state index contributed by atoms with van der Waals surface area (Å²) in [5.41, 5.74) is 6.79. The van der Waals surface area contributed by atoms with Gasteiger partial charge in [-0.2, -0.15) is 0 Å². The van der Waals surface area contributed by atoms with Crippen molar-refractivity contribution in [1.29, 1.82) is 0 Å². The van der Waals surface area contributed by atoms with Gasteiger partial charge in [-0.1, -0.05) is 0 Å². The van der Waals surface area contributed by atoms with Gasteiger partial charge >= 0.3 is 5.97 Å². The first-order chi connectivity index (χ1) is 6.59. The zero-order valence-corrected chi connectivity index (χ0v) is 8.74. The summed E-state index contributed by atoms with van der Waals surface area (Å²) in [6.45, 7) is 0.408. The van der Waals surface area contributed by atoms with E-state index < -0.39 is 5.97 Å². The van der Waals surface area contributed by atoms with Gasteiger partial charge in [0.2, 0.25) is 0 Å². The molecule has 1 aliphatic rings. The molecule has 4 nitrogen and oxygen atoms in total. The van der Waals surface area contributed by atoms with E-state index in [0.717, 1.165) is 5.56 Å². The molecule has 0 aliphatic carbocycles. The summed E-state index contributed by atoms with van der Waals surface area (Å²) < 4.78 is 5.78. The van der Waals surface area contributed by atoms with Crippen molar-refractivity contribution in [1.82, 2.24) is 0 Å². The lowest BCUT2D eigenvalue weighted by Gasteiger charge is -2.04. The summed E-state index contributed by atoms with van der Waals surface area (Å²) in [6.07, 6.45) is 0. The van der Waals surface area contributed by atoms with Crippen molar-refractivity contribution in [2.45, 2.75) is 6.04 Å². The Bertz CT molecular complexity index is 405. The van der Waals surface area contributed by atoms with E-state index in [9.17, 15) is 4.79 Å². The summed E-state index contributed by atoms with van der Waals surface area (Å²) in [6, 6.07) is 3.04. The maximum absolute atomic E-state index is 10.8. The van der Waals surface area contributed by atoms with Gasteiger partial charge < -0.3 is 15.6 Å². The van der Waals surface area contributed by atoms with Crippen molar-refractivity contribution >= 4 is 21.9 Å². The van der Waals surface area contributed by atoms with Crippen molar-refractivity contribution in [3.05, 3.63) is 27.7 Å². The number of halogens is 1. The van der Waals surface area contributed by atoms with Crippen LogP contribution in [0.3, 0.4) is 0 Å². The Morgan fingerprint density at radius 1 is 1.64 bits per heavy atom. The highest BCUT2D eigenvalue weighted by atomic mass is 79.9. The molecule has 0 saturated heterocycles. The fourth-order valence-electron chi connectivity index (χ4n) is 1.42. The molecule has 74 valence electrons. The average molecular weight is 258 g/mol. The van der Waals surface area contributed by atoms with E-state index in [2.05, 4.69) is 15.9 Å². The minimum Gasteiger partial charge on any atom is -0.491 e. The van der Waals surface area contributed by atoms with Crippen molar-refractivity contribution in [3.8, 4) is 5.75 Å². The number of carboxylic acids is 1. The van der Waals surface area contributed by atoms with Crippen LogP contribution < -0.4 is 10.5 Å². The van der Waals surface area contributed by atoms with Crippen LogP contribution in [0.5, 0.6) is 5.75 Å². The van der Waals surface area contributed by atoms with Crippen molar-refractivity contribution < 1.29 is 14.6 Å². The van der Waals surface area contributed by atoms with Crippen molar-refractivity contribution in [2.24, 2.45) is 5.73 Å². The van der Waals surface area contributed by atoms with Crippen molar-refractivity contribution in [2.75, 3.05) is 6.61 Å². The van der Waals surface area contributed by atoms with E-state index in [1.54, 1.807) is 6.07 Å². The van der Waals surface area contributed by atoms with Gasteiger partial charge in [-0.15, -0.1) is 0 Å². The molecule has 1 aliphatic heterocycles. The highest BCUT2D eigenvalue weighted by Crippen LogP contribution is 2.35. The molecule has 0 saturated carbocycles. The predicted octanol–water partition coefficient (Wildman–Crippen LogP) is 1.54. The van der Waals surface area contributed by atoms with Gasteiger partial charge in [0.15, 0.2) is 0 Å². The SMILES string of the molecule is N[C@H]1COc2cc(C(=O)O)c(Br)cc21. The molecule has 0 bridgehead atoms. The number of carboxylic acid groups (broad SMARTS) is 1. The summed E-state index contributed by atoms with van der Waals surface area (Å²) in [7, 11) is 0. The lowest BCUT2D eigenvalue weighted by Crippen LogP contribution is -2.10. The molecule has 14 heavy (non-hydrogen) atoms. The number of hydrogen-bond acceptors (Lipinski definition) is 3. The first-order valence-electron chi connectivity index (χ1n) is 4.04. The molecule has 0 fully saturated rings. The standard InChI is InChI=1S/C9H8BrNO3/c10-6-1-5-7(11)3-14-8(5)2-4(6)9(12)13/h1-2,7H,3,11H2,(H,12,13)/t7-/m0/s1. The van der Waals surface area contributed by atoms with E-state index in [1.807, 2.05) is 0 Å². The second-order valence-electron chi connectivity index (χ2n) is 3.09. The van der Waals surface area contributed by atoms with Crippen LogP contribution in [0.4, 0.5) is 0 Å². The lowest BCUT2D eigenvalue weighted by molar-refractivity contribution is 0.0695. The molecule has 5 heteroatoms. The van der Waals surface area contributed by atoms with Gasteiger partial charge in [-0.25, -0.2) is 4.79 Å². The van der Waals surface area contributed by atoms with E-state index in [1.165, 1.54) is 6.07 Å². The molecular weight excluding hydrogens is 250 g/mol. The Kier molecular flexibility index (Phi) is 2.20. The molecule has 1 atom stereocenters. The number of nitrogens with two attached hydrogens (primary N) is 1. The van der Waals surface area contributed by atoms with Crippen molar-refractivity contribution in [3.63, 3.8) is 0 Å². The Morgan fingerprint density at radius 2 is 2.36 bits per heavy atom. The second-order valence-corrected chi connectivity index (χ2v) is 3.95. The third-order valence-corrected chi connectivity index (χ3v) is 2.80. The fraction of sp³-hybridized carbons (Fsp3) is 0.222. The van der Waals surface area contributed by atoms with Crippen LogP contribution in [0.15, 0.2) is 16.6 Å². The first kappa shape index (κ1) is 9.48. The van der Waals surface area contributed by atoms with E-state index in [4.69, 9.17) is 15.6 Å². The highest BCUT2D eigenvalue weighted by molar-refractivity contribution is 9.10. The van der Waals surface area contributed by atoms with Gasteiger partial charge in [0.25, 0.3) is 0 Å². The Morgan fingerprint density at radius 3 is 3.00 bits per heavy atom.